The molecule has 2 aromatic heterocycles. The Morgan fingerprint density at radius 3 is 2.81 bits per heavy atom. The zero-order chi connectivity index (χ0) is 14.7. The van der Waals surface area contributed by atoms with E-state index < -0.39 is 0 Å². The largest absolute Gasteiger partial charge is 0.407 e. The summed E-state index contributed by atoms with van der Waals surface area (Å²) in [6.07, 6.45) is 4.79. The van der Waals surface area contributed by atoms with Crippen molar-refractivity contribution in [1.29, 1.82) is 0 Å². The molecule has 0 radical (unpaired) electrons. The van der Waals surface area contributed by atoms with Crippen molar-refractivity contribution in [3.05, 3.63) is 17.6 Å². The molecule has 1 aliphatic rings. The summed E-state index contributed by atoms with van der Waals surface area (Å²) in [7, 11) is 3.89. The molecule has 8 nitrogen and oxygen atoms in total. The summed E-state index contributed by atoms with van der Waals surface area (Å²) >= 11 is 0. The number of nitrogens with one attached hydrogen (secondary N) is 1. The molecule has 0 atom stereocenters. The van der Waals surface area contributed by atoms with Crippen LogP contribution in [0.1, 0.15) is 49.2 Å². The molecule has 8 heteroatoms. The molecule has 2 heterocycles. The lowest BCUT2D eigenvalue weighted by Gasteiger charge is -2.03. The third-order valence-corrected chi connectivity index (χ3v) is 3.50. The number of rotatable bonds is 6. The van der Waals surface area contributed by atoms with Crippen LogP contribution in [0.15, 0.2) is 8.94 Å². The molecular formula is C13H20N6O2. The van der Waals surface area contributed by atoms with Crippen LogP contribution in [0, 0.1) is 0 Å². The molecule has 21 heavy (non-hydrogen) atoms. The van der Waals surface area contributed by atoms with E-state index in [9.17, 15) is 0 Å². The van der Waals surface area contributed by atoms with Gasteiger partial charge in [-0.1, -0.05) is 23.1 Å². The van der Waals surface area contributed by atoms with E-state index in [0.717, 1.165) is 18.7 Å². The van der Waals surface area contributed by atoms with E-state index in [0.29, 0.717) is 36.7 Å². The smallest absolute Gasteiger partial charge is 0.315 e. The summed E-state index contributed by atoms with van der Waals surface area (Å²) in [6, 6.07) is 0.374. The quantitative estimate of drug-likeness (QED) is 0.861. The second-order valence-corrected chi connectivity index (χ2v) is 5.62. The topological polar surface area (TPSA) is 93.1 Å². The first kappa shape index (κ1) is 14.0. The summed E-state index contributed by atoms with van der Waals surface area (Å²) in [5.74, 6) is 2.37. The standard InChI is InChI=1S/C13H20N6O2/c1-19(2)8-11-16-17-13(20-11)14-7-10-15-12(21-18-10)9-5-3-4-6-9/h9H,3-8H2,1-2H3,(H,14,17). The Labute approximate surface area is 122 Å². The first-order valence-electron chi connectivity index (χ1n) is 7.24. The number of hydrogen-bond acceptors (Lipinski definition) is 8. The maximum absolute atomic E-state index is 5.46. The summed E-state index contributed by atoms with van der Waals surface area (Å²) in [6.45, 7) is 1.03. The second kappa shape index (κ2) is 6.21. The average molecular weight is 292 g/mol. The number of hydrogen-bond donors (Lipinski definition) is 1. The zero-order valence-corrected chi connectivity index (χ0v) is 12.4. The second-order valence-electron chi connectivity index (χ2n) is 5.62. The fourth-order valence-electron chi connectivity index (χ4n) is 2.49. The summed E-state index contributed by atoms with van der Waals surface area (Å²) < 4.78 is 10.8. The maximum atomic E-state index is 5.46. The van der Waals surface area contributed by atoms with Crippen LogP contribution in [0.2, 0.25) is 0 Å². The Morgan fingerprint density at radius 1 is 1.24 bits per heavy atom. The van der Waals surface area contributed by atoms with E-state index in [1.54, 1.807) is 0 Å². The predicted molar refractivity (Wildman–Crippen MR) is 74.5 cm³/mol. The van der Waals surface area contributed by atoms with Crippen LogP contribution in [-0.4, -0.2) is 39.3 Å². The van der Waals surface area contributed by atoms with E-state index in [1.165, 1.54) is 12.8 Å². The molecule has 2 aromatic rings. The molecule has 0 aliphatic heterocycles. The molecule has 1 saturated carbocycles. The molecule has 1 N–H and O–H groups in total. The van der Waals surface area contributed by atoms with Crippen LogP contribution in [0.4, 0.5) is 6.01 Å². The molecule has 114 valence electrons. The summed E-state index contributed by atoms with van der Waals surface area (Å²) in [5.41, 5.74) is 0. The van der Waals surface area contributed by atoms with Gasteiger partial charge in [0.1, 0.15) is 0 Å². The molecule has 1 fully saturated rings. The van der Waals surface area contributed by atoms with Crippen molar-refractivity contribution in [3.63, 3.8) is 0 Å². The molecule has 0 amide bonds. The van der Waals surface area contributed by atoms with Crippen molar-refractivity contribution >= 4 is 6.01 Å². The predicted octanol–water partition coefficient (Wildman–Crippen LogP) is 1.78. The van der Waals surface area contributed by atoms with Crippen LogP contribution >= 0.6 is 0 Å². The van der Waals surface area contributed by atoms with Crippen LogP contribution in [0.5, 0.6) is 0 Å². The highest BCUT2D eigenvalue weighted by Crippen LogP contribution is 2.32. The van der Waals surface area contributed by atoms with Crippen LogP contribution in [0.25, 0.3) is 0 Å². The van der Waals surface area contributed by atoms with Gasteiger partial charge in [0.05, 0.1) is 13.1 Å². The number of anilines is 1. The van der Waals surface area contributed by atoms with Crippen molar-refractivity contribution in [2.24, 2.45) is 0 Å². The lowest BCUT2D eigenvalue weighted by atomic mass is 10.1. The highest BCUT2D eigenvalue weighted by molar-refractivity contribution is 5.17. The van der Waals surface area contributed by atoms with Crippen LogP contribution < -0.4 is 5.32 Å². The van der Waals surface area contributed by atoms with E-state index in [1.807, 2.05) is 19.0 Å². The van der Waals surface area contributed by atoms with Gasteiger partial charge in [0.2, 0.25) is 11.8 Å². The molecule has 0 spiro atoms. The van der Waals surface area contributed by atoms with Crippen molar-refractivity contribution in [2.75, 3.05) is 19.4 Å². The minimum atomic E-state index is 0.374. The summed E-state index contributed by atoms with van der Waals surface area (Å²) in [5, 5.41) is 14.9. The minimum Gasteiger partial charge on any atom is -0.407 e. The van der Waals surface area contributed by atoms with Crippen molar-refractivity contribution in [1.82, 2.24) is 25.2 Å². The maximum Gasteiger partial charge on any atom is 0.315 e. The highest BCUT2D eigenvalue weighted by atomic mass is 16.5. The van der Waals surface area contributed by atoms with Crippen LogP contribution in [-0.2, 0) is 13.1 Å². The van der Waals surface area contributed by atoms with Gasteiger partial charge in [0.25, 0.3) is 0 Å². The normalized spacial score (nSPS) is 16.0. The van der Waals surface area contributed by atoms with Crippen molar-refractivity contribution in [2.45, 2.75) is 44.7 Å². The minimum absolute atomic E-state index is 0.374. The SMILES string of the molecule is CN(C)Cc1nnc(NCc2noc(C3CCCC3)n2)o1. The van der Waals surface area contributed by atoms with E-state index in [-0.39, 0.29) is 0 Å². The Morgan fingerprint density at radius 2 is 2.05 bits per heavy atom. The van der Waals surface area contributed by atoms with Crippen molar-refractivity contribution in [3.8, 4) is 0 Å². The van der Waals surface area contributed by atoms with E-state index >= 15 is 0 Å². The van der Waals surface area contributed by atoms with E-state index in [2.05, 4.69) is 25.7 Å². The monoisotopic (exact) mass is 292 g/mol. The Hall–Kier alpha value is -1.96. The first-order chi connectivity index (χ1) is 10.2. The summed E-state index contributed by atoms with van der Waals surface area (Å²) in [4.78, 5) is 6.39. The third kappa shape index (κ3) is 3.57. The molecule has 3 rings (SSSR count). The lowest BCUT2D eigenvalue weighted by molar-refractivity contribution is 0.343. The average Bonchev–Trinajstić information content (AvgIpc) is 3.17. The molecule has 0 saturated heterocycles. The molecule has 1 aliphatic carbocycles. The van der Waals surface area contributed by atoms with Gasteiger partial charge in [0.15, 0.2) is 5.82 Å². The van der Waals surface area contributed by atoms with Gasteiger partial charge < -0.3 is 19.2 Å². The van der Waals surface area contributed by atoms with Gasteiger partial charge in [-0.15, -0.1) is 5.10 Å². The highest BCUT2D eigenvalue weighted by Gasteiger charge is 2.22. The van der Waals surface area contributed by atoms with Gasteiger partial charge in [-0.25, -0.2) is 0 Å². The fourth-order valence-corrected chi connectivity index (χ4v) is 2.49. The molecular weight excluding hydrogens is 272 g/mol. The Bertz CT molecular complexity index is 573. The lowest BCUT2D eigenvalue weighted by Crippen LogP contribution is -2.10. The number of nitrogens with zero attached hydrogens (tertiary/aromatic N) is 5. The zero-order valence-electron chi connectivity index (χ0n) is 12.4. The Balaban J connectivity index is 1.53. The van der Waals surface area contributed by atoms with Crippen molar-refractivity contribution < 1.29 is 8.94 Å². The molecule has 0 bridgehead atoms. The van der Waals surface area contributed by atoms with Gasteiger partial charge in [0, 0.05) is 5.92 Å². The third-order valence-electron chi connectivity index (χ3n) is 3.50. The van der Waals surface area contributed by atoms with Crippen LogP contribution in [0.3, 0.4) is 0 Å². The van der Waals surface area contributed by atoms with Gasteiger partial charge in [-0.05, 0) is 26.9 Å². The number of aromatic nitrogens is 4. The van der Waals surface area contributed by atoms with Gasteiger partial charge in [-0.3, -0.25) is 0 Å². The Kier molecular flexibility index (Phi) is 4.14. The van der Waals surface area contributed by atoms with Gasteiger partial charge >= 0.3 is 6.01 Å². The van der Waals surface area contributed by atoms with Gasteiger partial charge in [-0.2, -0.15) is 4.98 Å². The fraction of sp³-hybridized carbons (Fsp3) is 0.692. The molecule has 0 unspecified atom stereocenters. The first-order valence-corrected chi connectivity index (χ1v) is 7.24. The van der Waals surface area contributed by atoms with E-state index in [4.69, 9.17) is 8.94 Å². The molecule has 0 aromatic carbocycles.